The standard InChI is InChI=1S/C20H20ClN3O2/c1-14-18(19(21)24(23-14)13-15-7-4-3-5-8-15)20(25)22-12-16-9-6-10-17(11-16)26-2/h3-11H,12-13H2,1-2H3,(H,22,25). The highest BCUT2D eigenvalue weighted by atomic mass is 35.5. The molecule has 2 aromatic carbocycles. The van der Waals surface area contributed by atoms with Gasteiger partial charge in [0.05, 0.1) is 24.9 Å². The Labute approximate surface area is 157 Å². The van der Waals surface area contributed by atoms with Crippen molar-refractivity contribution >= 4 is 17.5 Å². The second-order valence-corrected chi connectivity index (χ2v) is 6.29. The molecular formula is C20H20ClN3O2. The molecule has 0 aliphatic carbocycles. The van der Waals surface area contributed by atoms with Crippen LogP contribution in [0, 0.1) is 6.92 Å². The van der Waals surface area contributed by atoms with Crippen LogP contribution in [0.2, 0.25) is 5.15 Å². The number of aromatic nitrogens is 2. The number of halogens is 1. The van der Waals surface area contributed by atoms with Crippen LogP contribution in [-0.2, 0) is 13.1 Å². The van der Waals surface area contributed by atoms with Crippen molar-refractivity contribution in [3.63, 3.8) is 0 Å². The Morgan fingerprint density at radius 2 is 1.88 bits per heavy atom. The molecule has 0 saturated heterocycles. The lowest BCUT2D eigenvalue weighted by atomic mass is 10.2. The van der Waals surface area contributed by atoms with E-state index in [4.69, 9.17) is 16.3 Å². The third-order valence-electron chi connectivity index (χ3n) is 4.05. The summed E-state index contributed by atoms with van der Waals surface area (Å²) >= 11 is 6.42. The molecule has 3 rings (SSSR count). The topological polar surface area (TPSA) is 56.1 Å². The molecule has 26 heavy (non-hydrogen) atoms. The van der Waals surface area contributed by atoms with E-state index in [2.05, 4.69) is 10.4 Å². The number of amides is 1. The van der Waals surface area contributed by atoms with Crippen molar-refractivity contribution in [3.05, 3.63) is 82.1 Å². The molecule has 1 N–H and O–H groups in total. The number of methoxy groups -OCH3 is 1. The molecule has 134 valence electrons. The highest BCUT2D eigenvalue weighted by Gasteiger charge is 2.20. The van der Waals surface area contributed by atoms with Crippen LogP contribution in [0.15, 0.2) is 54.6 Å². The molecule has 0 radical (unpaired) electrons. The van der Waals surface area contributed by atoms with Crippen molar-refractivity contribution in [1.82, 2.24) is 15.1 Å². The second-order valence-electron chi connectivity index (χ2n) is 5.93. The zero-order chi connectivity index (χ0) is 18.5. The molecule has 3 aromatic rings. The number of aryl methyl sites for hydroxylation is 1. The molecule has 0 aliphatic heterocycles. The number of nitrogens with zero attached hydrogens (tertiary/aromatic N) is 2. The van der Waals surface area contributed by atoms with Gasteiger partial charge in [0.25, 0.3) is 5.91 Å². The fourth-order valence-electron chi connectivity index (χ4n) is 2.73. The van der Waals surface area contributed by atoms with Gasteiger partial charge in [0.15, 0.2) is 0 Å². The Morgan fingerprint density at radius 1 is 1.15 bits per heavy atom. The van der Waals surface area contributed by atoms with Gasteiger partial charge < -0.3 is 10.1 Å². The summed E-state index contributed by atoms with van der Waals surface area (Å²) in [5.74, 6) is 0.510. The summed E-state index contributed by atoms with van der Waals surface area (Å²) in [6.07, 6.45) is 0. The number of hydrogen-bond acceptors (Lipinski definition) is 3. The molecule has 5 nitrogen and oxygen atoms in total. The maximum absolute atomic E-state index is 12.6. The van der Waals surface area contributed by atoms with E-state index in [0.29, 0.717) is 29.5 Å². The van der Waals surface area contributed by atoms with E-state index in [-0.39, 0.29) is 5.91 Å². The van der Waals surface area contributed by atoms with Crippen LogP contribution < -0.4 is 10.1 Å². The van der Waals surface area contributed by atoms with Crippen LogP contribution in [0.3, 0.4) is 0 Å². The molecule has 1 heterocycles. The first-order chi connectivity index (χ1) is 12.6. The summed E-state index contributed by atoms with van der Waals surface area (Å²) < 4.78 is 6.84. The van der Waals surface area contributed by atoms with Crippen LogP contribution in [0.25, 0.3) is 0 Å². The number of rotatable bonds is 6. The van der Waals surface area contributed by atoms with Gasteiger partial charge in [0, 0.05) is 6.54 Å². The Morgan fingerprint density at radius 3 is 2.62 bits per heavy atom. The molecule has 6 heteroatoms. The van der Waals surface area contributed by atoms with Crippen LogP contribution in [-0.4, -0.2) is 22.8 Å². The third kappa shape index (κ3) is 4.06. The van der Waals surface area contributed by atoms with E-state index < -0.39 is 0 Å². The predicted octanol–water partition coefficient (Wildman–Crippen LogP) is 3.83. The van der Waals surface area contributed by atoms with E-state index in [1.54, 1.807) is 18.7 Å². The minimum Gasteiger partial charge on any atom is -0.497 e. The molecule has 0 atom stereocenters. The van der Waals surface area contributed by atoms with Crippen LogP contribution in [0.5, 0.6) is 5.75 Å². The predicted molar refractivity (Wildman–Crippen MR) is 102 cm³/mol. The molecule has 0 aliphatic rings. The normalized spacial score (nSPS) is 10.6. The van der Waals surface area contributed by atoms with Gasteiger partial charge in [-0.15, -0.1) is 0 Å². The molecule has 1 aromatic heterocycles. The summed E-state index contributed by atoms with van der Waals surface area (Å²) in [5, 5.41) is 7.65. The smallest absolute Gasteiger partial charge is 0.256 e. The Bertz CT molecular complexity index is 907. The van der Waals surface area contributed by atoms with Gasteiger partial charge in [-0.3, -0.25) is 4.79 Å². The van der Waals surface area contributed by atoms with Crippen LogP contribution >= 0.6 is 11.6 Å². The first-order valence-electron chi connectivity index (χ1n) is 8.26. The lowest BCUT2D eigenvalue weighted by Gasteiger charge is -2.07. The molecule has 0 fully saturated rings. The highest BCUT2D eigenvalue weighted by Crippen LogP contribution is 2.21. The number of carbonyl (C=O) groups is 1. The van der Waals surface area contributed by atoms with Crippen molar-refractivity contribution in [2.24, 2.45) is 0 Å². The zero-order valence-corrected chi connectivity index (χ0v) is 15.5. The minimum atomic E-state index is -0.241. The zero-order valence-electron chi connectivity index (χ0n) is 14.7. The minimum absolute atomic E-state index is 0.241. The fraction of sp³-hybridized carbons (Fsp3) is 0.200. The van der Waals surface area contributed by atoms with E-state index in [1.165, 1.54) is 0 Å². The van der Waals surface area contributed by atoms with Crippen molar-refractivity contribution in [3.8, 4) is 5.75 Å². The molecular weight excluding hydrogens is 350 g/mol. The van der Waals surface area contributed by atoms with Crippen LogP contribution in [0.1, 0.15) is 27.2 Å². The van der Waals surface area contributed by atoms with Crippen molar-refractivity contribution in [2.45, 2.75) is 20.0 Å². The summed E-state index contributed by atoms with van der Waals surface area (Å²) in [6.45, 7) is 2.69. The Balaban J connectivity index is 1.73. The van der Waals surface area contributed by atoms with Gasteiger partial charge in [-0.2, -0.15) is 5.10 Å². The van der Waals surface area contributed by atoms with Crippen molar-refractivity contribution in [1.29, 1.82) is 0 Å². The Kier molecular flexibility index (Phi) is 5.58. The third-order valence-corrected chi connectivity index (χ3v) is 4.44. The van der Waals surface area contributed by atoms with Gasteiger partial charge in [-0.1, -0.05) is 54.1 Å². The number of nitrogens with one attached hydrogen (secondary N) is 1. The lowest BCUT2D eigenvalue weighted by Crippen LogP contribution is -2.23. The summed E-state index contributed by atoms with van der Waals surface area (Å²) in [6, 6.07) is 17.4. The largest absolute Gasteiger partial charge is 0.497 e. The number of carbonyl (C=O) groups excluding carboxylic acids is 1. The average molecular weight is 370 g/mol. The van der Waals surface area contributed by atoms with Crippen LogP contribution in [0.4, 0.5) is 0 Å². The maximum Gasteiger partial charge on any atom is 0.256 e. The summed E-state index contributed by atoms with van der Waals surface area (Å²) in [7, 11) is 1.61. The van der Waals surface area contributed by atoms with Crippen molar-refractivity contribution in [2.75, 3.05) is 7.11 Å². The molecule has 0 saturated carbocycles. The summed E-state index contributed by atoms with van der Waals surface area (Å²) in [5.41, 5.74) is 3.03. The van der Waals surface area contributed by atoms with Gasteiger partial charge in [-0.05, 0) is 30.2 Å². The molecule has 0 bridgehead atoms. The summed E-state index contributed by atoms with van der Waals surface area (Å²) in [4.78, 5) is 12.6. The lowest BCUT2D eigenvalue weighted by molar-refractivity contribution is 0.0950. The van der Waals surface area contributed by atoms with Crippen molar-refractivity contribution < 1.29 is 9.53 Å². The Hall–Kier alpha value is -2.79. The average Bonchev–Trinajstić information content (AvgIpc) is 2.94. The first kappa shape index (κ1) is 18.0. The number of benzene rings is 2. The van der Waals surface area contributed by atoms with Gasteiger partial charge in [0.2, 0.25) is 0 Å². The first-order valence-corrected chi connectivity index (χ1v) is 8.64. The van der Waals surface area contributed by atoms with Gasteiger partial charge in [-0.25, -0.2) is 4.68 Å². The second kappa shape index (κ2) is 8.06. The molecule has 1 amide bonds. The number of ether oxygens (including phenoxy) is 1. The van der Waals surface area contributed by atoms with Gasteiger partial charge >= 0.3 is 0 Å². The van der Waals surface area contributed by atoms with E-state index >= 15 is 0 Å². The molecule has 0 unspecified atom stereocenters. The van der Waals surface area contributed by atoms with E-state index in [1.807, 2.05) is 54.6 Å². The monoisotopic (exact) mass is 369 g/mol. The SMILES string of the molecule is COc1cccc(CNC(=O)c2c(C)nn(Cc3ccccc3)c2Cl)c1. The number of hydrogen-bond donors (Lipinski definition) is 1. The van der Waals surface area contributed by atoms with E-state index in [9.17, 15) is 4.79 Å². The fourth-order valence-corrected chi connectivity index (χ4v) is 3.05. The van der Waals surface area contributed by atoms with E-state index in [0.717, 1.165) is 16.9 Å². The maximum atomic E-state index is 12.6. The molecule has 0 spiro atoms. The van der Waals surface area contributed by atoms with Gasteiger partial charge in [0.1, 0.15) is 10.9 Å². The quantitative estimate of drug-likeness (QED) is 0.718. The highest BCUT2D eigenvalue weighted by molar-refractivity contribution is 6.33.